The van der Waals surface area contributed by atoms with Gasteiger partial charge in [0.2, 0.25) is 0 Å². The topological polar surface area (TPSA) is 29.0 Å². The summed E-state index contributed by atoms with van der Waals surface area (Å²) < 4.78 is 8.38. The first-order valence-corrected chi connectivity index (χ1v) is 6.16. The van der Waals surface area contributed by atoms with E-state index in [2.05, 4.69) is 13.6 Å². The summed E-state index contributed by atoms with van der Waals surface area (Å²) in [6, 6.07) is 0. The predicted octanol–water partition coefficient (Wildman–Crippen LogP) is 2.42. The van der Waals surface area contributed by atoms with Gasteiger partial charge in [0.25, 0.3) is 0 Å². The highest BCUT2D eigenvalue weighted by atomic mass is 35.5. The van der Waals surface area contributed by atoms with Gasteiger partial charge in [-0.1, -0.05) is 11.6 Å². The van der Waals surface area contributed by atoms with Crippen molar-refractivity contribution in [2.75, 3.05) is 19.6 Å². The highest BCUT2D eigenvalue weighted by Gasteiger charge is 2.38. The second kappa shape index (κ2) is 4.53. The van der Waals surface area contributed by atoms with Crippen molar-refractivity contribution in [3.63, 3.8) is 0 Å². The number of fused-ring (bicyclic) bond motifs is 2. The van der Waals surface area contributed by atoms with Crippen LogP contribution >= 0.6 is 35.7 Å². The van der Waals surface area contributed by atoms with Gasteiger partial charge in [0.05, 0.1) is 17.4 Å². The second-order valence-corrected chi connectivity index (χ2v) is 5.10. The molecule has 2 aliphatic rings. The van der Waals surface area contributed by atoms with Crippen molar-refractivity contribution >= 4 is 35.7 Å². The number of hydrogen-bond acceptors (Lipinski definition) is 4. The van der Waals surface area contributed by atoms with Crippen molar-refractivity contribution in [3.8, 4) is 0 Å². The maximum Gasteiger partial charge on any atom is 0.166 e. The van der Waals surface area contributed by atoms with Crippen LogP contribution in [0.5, 0.6) is 0 Å². The van der Waals surface area contributed by atoms with E-state index in [1.54, 1.807) is 0 Å². The van der Waals surface area contributed by atoms with Gasteiger partial charge in [0, 0.05) is 19.0 Å². The van der Waals surface area contributed by atoms with Gasteiger partial charge < -0.3 is 4.90 Å². The van der Waals surface area contributed by atoms with Crippen LogP contribution in [0.3, 0.4) is 0 Å². The molecule has 0 amide bonds. The lowest BCUT2D eigenvalue weighted by atomic mass is 9.89. The number of piperidine rings is 1. The fourth-order valence-electron chi connectivity index (χ4n) is 2.73. The van der Waals surface area contributed by atoms with Crippen LogP contribution in [-0.4, -0.2) is 33.3 Å². The highest BCUT2D eigenvalue weighted by Crippen LogP contribution is 2.40. The number of rotatable bonds is 1. The van der Waals surface area contributed by atoms with Crippen molar-refractivity contribution in [3.05, 3.63) is 10.8 Å². The van der Waals surface area contributed by atoms with E-state index in [4.69, 9.17) is 11.6 Å². The van der Waals surface area contributed by atoms with Crippen molar-refractivity contribution in [1.82, 2.24) is 13.6 Å². The molecule has 84 valence electrons. The molecule has 0 aromatic carbocycles. The summed E-state index contributed by atoms with van der Waals surface area (Å²) in [5.41, 5.74) is 1.05. The molecule has 2 bridgehead atoms. The van der Waals surface area contributed by atoms with Crippen LogP contribution in [0.2, 0.25) is 5.15 Å². The lowest BCUT2D eigenvalue weighted by Crippen LogP contribution is -2.25. The van der Waals surface area contributed by atoms with Crippen LogP contribution in [0.4, 0.5) is 0 Å². The fourth-order valence-corrected chi connectivity index (χ4v) is 3.57. The average Bonchev–Trinajstić information content (AvgIpc) is 2.71. The molecule has 0 N–H and O–H groups in total. The molecule has 3 nitrogen and oxygen atoms in total. The summed E-state index contributed by atoms with van der Waals surface area (Å²) in [5, 5.41) is 0.633. The molecule has 1 aromatic heterocycles. The first-order valence-electron chi connectivity index (χ1n) is 5.05. The summed E-state index contributed by atoms with van der Waals surface area (Å²) in [7, 11) is 0. The van der Waals surface area contributed by atoms with Gasteiger partial charge >= 0.3 is 0 Å². The third kappa shape index (κ3) is 2.00. The van der Waals surface area contributed by atoms with E-state index in [9.17, 15) is 0 Å². The van der Waals surface area contributed by atoms with Crippen molar-refractivity contribution < 1.29 is 0 Å². The Morgan fingerprint density at radius 1 is 1.33 bits per heavy atom. The van der Waals surface area contributed by atoms with E-state index in [0.29, 0.717) is 11.1 Å². The van der Waals surface area contributed by atoms with E-state index in [-0.39, 0.29) is 12.4 Å². The molecular weight excluding hydrogens is 253 g/mol. The smallest absolute Gasteiger partial charge is 0.166 e. The Kier molecular flexibility index (Phi) is 3.50. The number of aromatic nitrogens is 2. The zero-order valence-corrected chi connectivity index (χ0v) is 10.6. The molecule has 0 radical (unpaired) electrons. The van der Waals surface area contributed by atoms with Gasteiger partial charge in [-0.15, -0.1) is 12.4 Å². The third-order valence-corrected chi connectivity index (χ3v) is 4.31. The first-order chi connectivity index (χ1) is 6.84. The minimum Gasteiger partial charge on any atom is -0.302 e. The molecule has 6 heteroatoms. The van der Waals surface area contributed by atoms with Crippen LogP contribution < -0.4 is 0 Å². The van der Waals surface area contributed by atoms with Gasteiger partial charge in [-0.2, -0.15) is 8.75 Å². The van der Waals surface area contributed by atoms with Crippen molar-refractivity contribution in [1.29, 1.82) is 0 Å². The van der Waals surface area contributed by atoms with Gasteiger partial charge in [0.15, 0.2) is 5.15 Å². The Bertz CT molecular complexity index is 344. The van der Waals surface area contributed by atoms with E-state index in [1.807, 2.05) is 0 Å². The van der Waals surface area contributed by atoms with Crippen LogP contribution in [0.25, 0.3) is 0 Å². The molecule has 1 aromatic rings. The zero-order valence-electron chi connectivity index (χ0n) is 8.23. The standard InChI is InChI=1S/C9H12ClN3S.ClH/c10-9-8(11-14-12-9)7-5-13-3-1-2-6(7)4-13;/h6-7H,1-5H2;1H. The molecule has 3 heterocycles. The molecule has 0 aliphatic carbocycles. The van der Waals surface area contributed by atoms with Crippen LogP contribution in [0.15, 0.2) is 0 Å². The number of hydrogen-bond donors (Lipinski definition) is 0. The zero-order chi connectivity index (χ0) is 9.54. The van der Waals surface area contributed by atoms with Gasteiger partial charge in [-0.05, 0) is 25.3 Å². The first kappa shape index (κ1) is 11.6. The lowest BCUT2D eigenvalue weighted by molar-refractivity contribution is 0.269. The van der Waals surface area contributed by atoms with Gasteiger partial charge in [0.1, 0.15) is 0 Å². The molecule has 2 aliphatic heterocycles. The molecule has 0 saturated carbocycles. The Balaban J connectivity index is 0.000000853. The monoisotopic (exact) mass is 265 g/mol. The predicted molar refractivity (Wildman–Crippen MR) is 64.1 cm³/mol. The Morgan fingerprint density at radius 3 is 2.87 bits per heavy atom. The Labute approximate surface area is 105 Å². The van der Waals surface area contributed by atoms with Gasteiger partial charge in [-0.25, -0.2) is 0 Å². The quantitative estimate of drug-likeness (QED) is 0.781. The largest absolute Gasteiger partial charge is 0.302 e. The number of halogens is 2. The van der Waals surface area contributed by atoms with E-state index < -0.39 is 0 Å². The molecule has 0 spiro atoms. The minimum atomic E-state index is 0. The maximum absolute atomic E-state index is 6.03. The second-order valence-electron chi connectivity index (χ2n) is 4.21. The van der Waals surface area contributed by atoms with E-state index in [0.717, 1.165) is 18.2 Å². The van der Waals surface area contributed by atoms with Crippen molar-refractivity contribution in [2.45, 2.75) is 18.8 Å². The average molecular weight is 266 g/mol. The summed E-state index contributed by atoms with van der Waals surface area (Å²) in [6.45, 7) is 3.62. The molecular formula is C9H13Cl2N3S. The summed E-state index contributed by atoms with van der Waals surface area (Å²) in [6.07, 6.45) is 2.66. The molecule has 3 atom stereocenters. The molecule has 3 unspecified atom stereocenters. The lowest BCUT2D eigenvalue weighted by Gasteiger charge is -2.21. The third-order valence-electron chi connectivity index (χ3n) is 3.39. The molecule has 2 saturated heterocycles. The normalized spacial score (nSPS) is 33.8. The SMILES string of the molecule is Cl.Clc1nsnc1C1CN2CCCC1C2. The fraction of sp³-hybridized carbons (Fsp3) is 0.778. The van der Waals surface area contributed by atoms with Crippen molar-refractivity contribution in [2.24, 2.45) is 5.92 Å². The Hall–Kier alpha value is 0.1000. The number of nitrogens with zero attached hydrogens (tertiary/aromatic N) is 3. The minimum absolute atomic E-state index is 0. The summed E-state index contributed by atoms with van der Waals surface area (Å²) >= 11 is 7.27. The van der Waals surface area contributed by atoms with Crippen LogP contribution in [-0.2, 0) is 0 Å². The Morgan fingerprint density at radius 2 is 2.20 bits per heavy atom. The van der Waals surface area contributed by atoms with E-state index in [1.165, 1.54) is 37.7 Å². The molecule has 15 heavy (non-hydrogen) atoms. The van der Waals surface area contributed by atoms with Crippen LogP contribution in [0.1, 0.15) is 24.5 Å². The molecule has 2 fully saturated rings. The van der Waals surface area contributed by atoms with E-state index >= 15 is 0 Å². The summed E-state index contributed by atoms with van der Waals surface area (Å²) in [5.74, 6) is 1.31. The highest BCUT2D eigenvalue weighted by molar-refractivity contribution is 6.99. The maximum atomic E-state index is 6.03. The van der Waals surface area contributed by atoms with Gasteiger partial charge in [-0.3, -0.25) is 0 Å². The van der Waals surface area contributed by atoms with Crippen LogP contribution in [0, 0.1) is 5.92 Å². The molecule has 3 rings (SSSR count). The summed E-state index contributed by atoms with van der Waals surface area (Å²) in [4.78, 5) is 2.52.